The van der Waals surface area contributed by atoms with Crippen LogP contribution in [0.5, 0.6) is 0 Å². The normalized spacial score (nSPS) is 19.8. The Kier molecular flexibility index (Phi) is 8.16. The van der Waals surface area contributed by atoms with Crippen molar-refractivity contribution >= 4 is 17.9 Å². The summed E-state index contributed by atoms with van der Waals surface area (Å²) in [6, 6.07) is 8.27. The molecule has 1 heterocycles. The molecule has 4 nitrogen and oxygen atoms in total. The van der Waals surface area contributed by atoms with Crippen molar-refractivity contribution in [2.24, 2.45) is 0 Å². The summed E-state index contributed by atoms with van der Waals surface area (Å²) in [4.78, 5) is 14.7. The van der Waals surface area contributed by atoms with Crippen LogP contribution >= 0.6 is 11.9 Å². The Morgan fingerprint density at radius 1 is 1.35 bits per heavy atom. The van der Waals surface area contributed by atoms with Gasteiger partial charge in [-0.05, 0) is 43.0 Å². The van der Waals surface area contributed by atoms with Crippen LogP contribution < -0.4 is 0 Å². The van der Waals surface area contributed by atoms with Gasteiger partial charge in [0.05, 0.1) is 6.42 Å². The number of allylic oxidation sites excluding steroid dienone is 4. The summed E-state index contributed by atoms with van der Waals surface area (Å²) in [5.41, 5.74) is 2.03. The van der Waals surface area contributed by atoms with Crippen LogP contribution in [0.4, 0.5) is 0 Å². The summed E-state index contributed by atoms with van der Waals surface area (Å²) in [5, 5.41) is 9.10. The Hall–Kier alpha value is -1.82. The molecule has 1 saturated heterocycles. The number of piperazine rings is 1. The molecule has 0 aliphatic carbocycles. The maximum atomic E-state index is 11.1. The van der Waals surface area contributed by atoms with Crippen molar-refractivity contribution in [1.82, 2.24) is 9.21 Å². The zero-order chi connectivity index (χ0) is 18.9. The Morgan fingerprint density at radius 2 is 2.08 bits per heavy atom. The summed E-state index contributed by atoms with van der Waals surface area (Å²) in [7, 11) is 0. The van der Waals surface area contributed by atoms with Gasteiger partial charge in [-0.1, -0.05) is 49.1 Å². The number of benzene rings is 1. The van der Waals surface area contributed by atoms with Crippen molar-refractivity contribution in [1.29, 1.82) is 0 Å². The Labute approximate surface area is 161 Å². The topological polar surface area (TPSA) is 43.8 Å². The van der Waals surface area contributed by atoms with Gasteiger partial charge in [0.2, 0.25) is 0 Å². The van der Waals surface area contributed by atoms with Crippen LogP contribution in [0.1, 0.15) is 25.0 Å². The molecule has 0 aromatic heterocycles. The summed E-state index contributed by atoms with van der Waals surface area (Å²) >= 11 is 1.77. The number of carboxylic acid groups (broad SMARTS) is 1. The van der Waals surface area contributed by atoms with Crippen LogP contribution in [0, 0.1) is 0 Å². The highest BCUT2D eigenvalue weighted by molar-refractivity contribution is 8.01. The third-order valence-corrected chi connectivity index (χ3v) is 5.60. The molecule has 0 spiro atoms. The maximum Gasteiger partial charge on any atom is 0.307 e. The average molecular weight is 373 g/mol. The predicted molar refractivity (Wildman–Crippen MR) is 110 cm³/mol. The van der Waals surface area contributed by atoms with Crippen LogP contribution in [0.3, 0.4) is 0 Å². The van der Waals surface area contributed by atoms with Crippen molar-refractivity contribution in [3.05, 3.63) is 71.2 Å². The first-order chi connectivity index (χ1) is 12.5. The van der Waals surface area contributed by atoms with Crippen molar-refractivity contribution in [3.8, 4) is 0 Å². The summed E-state index contributed by atoms with van der Waals surface area (Å²) in [6.45, 7) is 11.8. The lowest BCUT2D eigenvalue weighted by atomic mass is 10.0. The van der Waals surface area contributed by atoms with Crippen molar-refractivity contribution in [2.75, 3.05) is 19.6 Å². The van der Waals surface area contributed by atoms with Crippen LogP contribution in [0.25, 0.3) is 0 Å². The number of carboxylic acids is 1. The van der Waals surface area contributed by atoms with Gasteiger partial charge in [-0.15, -0.1) is 0 Å². The number of nitrogens with zero attached hydrogens (tertiary/aromatic N) is 2. The third-order valence-electron chi connectivity index (χ3n) is 4.34. The van der Waals surface area contributed by atoms with E-state index in [0.29, 0.717) is 6.04 Å². The SMILES string of the molecule is C=C/C=C(\C=C/C)SN1CCN(Cc2ccccc2CC(=O)O)CC1C. The number of hydrogen-bond donors (Lipinski definition) is 1. The fourth-order valence-electron chi connectivity index (χ4n) is 3.12. The zero-order valence-electron chi connectivity index (χ0n) is 15.6. The minimum absolute atomic E-state index is 0.0839. The molecule has 1 N–H and O–H groups in total. The molecule has 0 bridgehead atoms. The molecule has 1 fully saturated rings. The minimum atomic E-state index is -0.780. The fraction of sp³-hybridized carbons (Fsp3) is 0.381. The van der Waals surface area contributed by atoms with Crippen molar-refractivity contribution < 1.29 is 9.90 Å². The average Bonchev–Trinajstić information content (AvgIpc) is 2.59. The molecule has 2 rings (SSSR count). The number of aliphatic carboxylic acids is 1. The highest BCUT2D eigenvalue weighted by Crippen LogP contribution is 2.28. The van der Waals surface area contributed by atoms with Crippen LogP contribution in [0.2, 0.25) is 0 Å². The van der Waals surface area contributed by atoms with Crippen LogP contribution in [-0.4, -0.2) is 46.0 Å². The highest BCUT2D eigenvalue weighted by Gasteiger charge is 2.25. The molecule has 1 unspecified atom stereocenters. The van der Waals surface area contributed by atoms with Crippen LogP contribution in [-0.2, 0) is 17.8 Å². The van der Waals surface area contributed by atoms with E-state index in [1.54, 1.807) is 11.9 Å². The quantitative estimate of drug-likeness (QED) is 0.549. The molecule has 26 heavy (non-hydrogen) atoms. The molecule has 1 aliphatic heterocycles. The Morgan fingerprint density at radius 3 is 2.69 bits per heavy atom. The molecule has 1 aliphatic rings. The Bertz CT molecular complexity index is 684. The molecule has 0 saturated carbocycles. The van der Waals surface area contributed by atoms with E-state index < -0.39 is 5.97 Å². The van der Waals surface area contributed by atoms with E-state index in [9.17, 15) is 4.79 Å². The van der Waals surface area contributed by atoms with E-state index in [-0.39, 0.29) is 6.42 Å². The molecule has 0 amide bonds. The molecule has 140 valence electrons. The zero-order valence-corrected chi connectivity index (χ0v) is 16.4. The highest BCUT2D eigenvalue weighted by atomic mass is 32.2. The van der Waals surface area contributed by atoms with Crippen LogP contribution in [0.15, 0.2) is 60.1 Å². The second-order valence-electron chi connectivity index (χ2n) is 6.46. The van der Waals surface area contributed by atoms with E-state index in [2.05, 4.69) is 28.8 Å². The summed E-state index contributed by atoms with van der Waals surface area (Å²) < 4.78 is 2.41. The van der Waals surface area contributed by atoms with Gasteiger partial charge in [0.25, 0.3) is 0 Å². The third kappa shape index (κ3) is 6.16. The smallest absolute Gasteiger partial charge is 0.307 e. The van der Waals surface area contributed by atoms with E-state index in [0.717, 1.165) is 37.3 Å². The fourth-order valence-corrected chi connectivity index (χ4v) is 4.16. The van der Waals surface area contributed by atoms with Gasteiger partial charge in [-0.2, -0.15) is 0 Å². The molecule has 5 heteroatoms. The van der Waals surface area contributed by atoms with Gasteiger partial charge in [-0.25, -0.2) is 4.31 Å². The second kappa shape index (κ2) is 10.4. The van der Waals surface area contributed by atoms with E-state index in [1.165, 1.54) is 4.91 Å². The lowest BCUT2D eigenvalue weighted by Gasteiger charge is -2.39. The first-order valence-electron chi connectivity index (χ1n) is 8.94. The van der Waals surface area contributed by atoms with Gasteiger partial charge < -0.3 is 5.11 Å². The first kappa shape index (κ1) is 20.5. The molecular formula is C21H28N2O2S. The Balaban J connectivity index is 1.98. The molecule has 0 radical (unpaired) electrons. The van der Waals surface area contributed by atoms with Gasteiger partial charge in [0.15, 0.2) is 0 Å². The van der Waals surface area contributed by atoms with Gasteiger partial charge >= 0.3 is 5.97 Å². The largest absolute Gasteiger partial charge is 0.481 e. The standard InChI is InChI=1S/C21H28N2O2S/c1-4-8-20(9-5-2)26-23-13-12-22(15-17(23)3)16-19-11-7-6-10-18(19)14-21(24)25/h4-11,17H,1,12-16H2,2-3H3,(H,24,25)/b9-5-,20-8+. The maximum absolute atomic E-state index is 11.1. The van der Waals surface area contributed by atoms with Gasteiger partial charge in [-0.3, -0.25) is 9.69 Å². The van der Waals surface area contributed by atoms with Gasteiger partial charge in [0.1, 0.15) is 0 Å². The summed E-state index contributed by atoms with van der Waals surface area (Å²) in [5.74, 6) is -0.780. The summed E-state index contributed by atoms with van der Waals surface area (Å²) in [6.07, 6.45) is 8.09. The monoisotopic (exact) mass is 372 g/mol. The van der Waals surface area contributed by atoms with Gasteiger partial charge in [0, 0.05) is 37.1 Å². The molecular weight excluding hydrogens is 344 g/mol. The van der Waals surface area contributed by atoms with Crippen molar-refractivity contribution in [2.45, 2.75) is 32.9 Å². The first-order valence-corrected chi connectivity index (χ1v) is 9.71. The van der Waals surface area contributed by atoms with E-state index in [4.69, 9.17) is 5.11 Å². The van der Waals surface area contributed by atoms with Crippen molar-refractivity contribution in [3.63, 3.8) is 0 Å². The second-order valence-corrected chi connectivity index (χ2v) is 7.58. The molecule has 1 aromatic rings. The molecule has 1 atom stereocenters. The molecule has 1 aromatic carbocycles. The lowest BCUT2D eigenvalue weighted by molar-refractivity contribution is -0.136. The van der Waals surface area contributed by atoms with E-state index >= 15 is 0 Å². The van der Waals surface area contributed by atoms with E-state index in [1.807, 2.05) is 49.4 Å². The number of carbonyl (C=O) groups is 1. The number of rotatable bonds is 8. The lowest BCUT2D eigenvalue weighted by Crippen LogP contribution is -2.48. The predicted octanol–water partition coefficient (Wildman–Crippen LogP) is 4.11. The number of hydrogen-bond acceptors (Lipinski definition) is 4. The minimum Gasteiger partial charge on any atom is -0.481 e.